The summed E-state index contributed by atoms with van der Waals surface area (Å²) in [5.74, 6) is 0. The van der Waals surface area contributed by atoms with Crippen molar-refractivity contribution >= 4 is 41.0 Å². The molecule has 6 heteroatoms. The summed E-state index contributed by atoms with van der Waals surface area (Å²) in [6, 6.07) is 36.6. The molecule has 5 rings (SSSR count). The molecule has 1 fully saturated rings. The molecule has 4 aromatic carbocycles. The molecular weight excluding hydrogens is 445 g/mol. The van der Waals surface area contributed by atoms with Gasteiger partial charge >= 0.3 is 7.12 Å². The van der Waals surface area contributed by atoms with Crippen LogP contribution in [-0.4, -0.2) is 18.3 Å². The lowest BCUT2D eigenvalue weighted by atomic mass is 9.79. The van der Waals surface area contributed by atoms with Crippen molar-refractivity contribution in [3.8, 4) is 0 Å². The van der Waals surface area contributed by atoms with Crippen molar-refractivity contribution < 1.29 is 9.31 Å². The SMILES string of the molecule is CC1(C)OB(c2ccc(N=Nc3ccc(N(c4ccccc4)c4ccccc4)cc3)cc2)OC1(C)C. The molecule has 0 saturated carbocycles. The van der Waals surface area contributed by atoms with Crippen molar-refractivity contribution in [3.05, 3.63) is 109 Å². The second-order valence-corrected chi connectivity index (χ2v) is 9.90. The Morgan fingerprint density at radius 3 is 1.36 bits per heavy atom. The number of azo groups is 1. The lowest BCUT2D eigenvalue weighted by Gasteiger charge is -2.32. The zero-order valence-electron chi connectivity index (χ0n) is 21.1. The fourth-order valence-electron chi connectivity index (χ4n) is 4.06. The highest BCUT2D eigenvalue weighted by atomic mass is 16.7. The Hall–Kier alpha value is -3.74. The van der Waals surface area contributed by atoms with Crippen LogP contribution in [-0.2, 0) is 9.31 Å². The van der Waals surface area contributed by atoms with Gasteiger partial charge in [-0.1, -0.05) is 48.5 Å². The molecule has 1 aliphatic rings. The average molecular weight is 475 g/mol. The molecule has 36 heavy (non-hydrogen) atoms. The van der Waals surface area contributed by atoms with Crippen molar-refractivity contribution in [2.45, 2.75) is 38.9 Å². The third-order valence-corrected chi connectivity index (χ3v) is 6.84. The topological polar surface area (TPSA) is 46.4 Å². The molecular formula is C30H30BN3O2. The van der Waals surface area contributed by atoms with E-state index in [0.29, 0.717) is 0 Å². The minimum Gasteiger partial charge on any atom is -0.399 e. The van der Waals surface area contributed by atoms with Crippen LogP contribution in [0.5, 0.6) is 0 Å². The first-order valence-electron chi connectivity index (χ1n) is 12.2. The third kappa shape index (κ3) is 4.96. The van der Waals surface area contributed by atoms with Crippen LogP contribution in [0.1, 0.15) is 27.7 Å². The molecule has 0 unspecified atom stereocenters. The highest BCUT2D eigenvalue weighted by Gasteiger charge is 2.51. The van der Waals surface area contributed by atoms with E-state index in [1.807, 2.05) is 72.8 Å². The van der Waals surface area contributed by atoms with Crippen LogP contribution in [0.15, 0.2) is 119 Å². The Morgan fingerprint density at radius 2 is 0.917 bits per heavy atom. The van der Waals surface area contributed by atoms with Crippen molar-refractivity contribution in [2.75, 3.05) is 4.90 Å². The van der Waals surface area contributed by atoms with Gasteiger partial charge in [0.15, 0.2) is 0 Å². The Morgan fingerprint density at radius 1 is 0.528 bits per heavy atom. The lowest BCUT2D eigenvalue weighted by Crippen LogP contribution is -2.41. The molecule has 0 amide bonds. The van der Waals surface area contributed by atoms with Crippen LogP contribution in [0, 0.1) is 0 Å². The summed E-state index contributed by atoms with van der Waals surface area (Å²) in [6.07, 6.45) is 0. The van der Waals surface area contributed by atoms with E-state index >= 15 is 0 Å². The van der Waals surface area contributed by atoms with E-state index in [9.17, 15) is 0 Å². The second kappa shape index (κ2) is 9.73. The van der Waals surface area contributed by atoms with Crippen LogP contribution in [0.2, 0.25) is 0 Å². The summed E-state index contributed by atoms with van der Waals surface area (Å²) >= 11 is 0. The van der Waals surface area contributed by atoms with Gasteiger partial charge in [-0.2, -0.15) is 10.2 Å². The first kappa shape index (κ1) is 24.0. The van der Waals surface area contributed by atoms with Gasteiger partial charge in [0.25, 0.3) is 0 Å². The first-order chi connectivity index (χ1) is 17.3. The maximum atomic E-state index is 6.13. The maximum absolute atomic E-state index is 6.13. The monoisotopic (exact) mass is 475 g/mol. The summed E-state index contributed by atoms with van der Waals surface area (Å²) in [4.78, 5) is 2.22. The van der Waals surface area contributed by atoms with Gasteiger partial charge < -0.3 is 14.2 Å². The molecule has 0 aliphatic carbocycles. The highest BCUT2D eigenvalue weighted by Crippen LogP contribution is 2.37. The first-order valence-corrected chi connectivity index (χ1v) is 12.2. The predicted molar refractivity (Wildman–Crippen MR) is 147 cm³/mol. The Kier molecular flexibility index (Phi) is 6.48. The third-order valence-electron chi connectivity index (χ3n) is 6.84. The van der Waals surface area contributed by atoms with E-state index in [1.54, 1.807) is 0 Å². The summed E-state index contributed by atoms with van der Waals surface area (Å²) in [7, 11) is -0.384. The zero-order chi connectivity index (χ0) is 25.2. The van der Waals surface area contributed by atoms with Crippen LogP contribution >= 0.6 is 0 Å². The Labute approximate surface area is 213 Å². The Balaban J connectivity index is 1.31. The van der Waals surface area contributed by atoms with Crippen LogP contribution in [0.25, 0.3) is 0 Å². The smallest absolute Gasteiger partial charge is 0.399 e. The molecule has 4 aromatic rings. The fourth-order valence-corrected chi connectivity index (χ4v) is 4.06. The van der Waals surface area contributed by atoms with Gasteiger partial charge in [-0.15, -0.1) is 0 Å². The molecule has 180 valence electrons. The van der Waals surface area contributed by atoms with E-state index < -0.39 is 0 Å². The number of benzene rings is 4. The number of nitrogens with zero attached hydrogens (tertiary/aromatic N) is 3. The average Bonchev–Trinajstić information content (AvgIpc) is 3.12. The largest absolute Gasteiger partial charge is 0.494 e. The van der Waals surface area contributed by atoms with E-state index in [4.69, 9.17) is 9.31 Å². The molecule has 5 nitrogen and oxygen atoms in total. The van der Waals surface area contributed by atoms with Crippen LogP contribution in [0.3, 0.4) is 0 Å². The van der Waals surface area contributed by atoms with Crippen LogP contribution in [0.4, 0.5) is 28.4 Å². The molecule has 0 radical (unpaired) electrons. The van der Waals surface area contributed by atoms with E-state index in [1.165, 1.54) is 0 Å². The lowest BCUT2D eigenvalue weighted by molar-refractivity contribution is 0.00578. The molecule has 0 N–H and O–H groups in total. The number of anilines is 3. The number of para-hydroxylation sites is 2. The number of hydrogen-bond donors (Lipinski definition) is 0. The molecule has 1 aliphatic heterocycles. The summed E-state index contributed by atoms with van der Waals surface area (Å²) in [5.41, 5.74) is 5.05. The maximum Gasteiger partial charge on any atom is 0.494 e. The Bertz CT molecular complexity index is 1270. The molecule has 0 atom stereocenters. The number of rotatable bonds is 6. The van der Waals surface area contributed by atoms with Gasteiger partial charge in [0.1, 0.15) is 0 Å². The highest BCUT2D eigenvalue weighted by molar-refractivity contribution is 6.62. The van der Waals surface area contributed by atoms with Gasteiger partial charge in [0, 0.05) is 17.1 Å². The van der Waals surface area contributed by atoms with Gasteiger partial charge in [0.05, 0.1) is 22.6 Å². The molecule has 0 bridgehead atoms. The summed E-state index contributed by atoms with van der Waals surface area (Å²) < 4.78 is 12.3. The molecule has 1 saturated heterocycles. The van der Waals surface area contributed by atoms with Crippen LogP contribution < -0.4 is 10.4 Å². The summed E-state index contributed by atoms with van der Waals surface area (Å²) in [5, 5.41) is 8.86. The van der Waals surface area contributed by atoms with Crippen molar-refractivity contribution in [3.63, 3.8) is 0 Å². The van der Waals surface area contributed by atoms with Gasteiger partial charge in [0.2, 0.25) is 0 Å². The fraction of sp³-hybridized carbons (Fsp3) is 0.200. The van der Waals surface area contributed by atoms with Gasteiger partial charge in [-0.3, -0.25) is 0 Å². The van der Waals surface area contributed by atoms with E-state index in [2.05, 4.69) is 79.2 Å². The molecule has 0 aromatic heterocycles. The number of hydrogen-bond acceptors (Lipinski definition) is 5. The minimum atomic E-state index is -0.384. The standard InChI is InChI=1S/C30H30BN3O2/c1-29(2)30(3,4)36-31(35-29)23-15-17-24(18-16-23)32-33-25-19-21-28(22-20-25)34(26-11-7-5-8-12-26)27-13-9-6-10-14-27/h5-22H,1-4H3. The van der Waals surface area contributed by atoms with Crippen molar-refractivity contribution in [1.29, 1.82) is 0 Å². The van der Waals surface area contributed by atoms with E-state index in [0.717, 1.165) is 33.9 Å². The van der Waals surface area contributed by atoms with Crippen molar-refractivity contribution in [2.24, 2.45) is 10.2 Å². The summed E-state index contributed by atoms with van der Waals surface area (Å²) in [6.45, 7) is 8.22. The second-order valence-electron chi connectivity index (χ2n) is 9.90. The molecule has 0 spiro atoms. The zero-order valence-corrected chi connectivity index (χ0v) is 21.1. The quantitative estimate of drug-likeness (QED) is 0.211. The van der Waals surface area contributed by atoms with Gasteiger partial charge in [-0.25, -0.2) is 0 Å². The normalized spacial score (nSPS) is 16.4. The minimum absolute atomic E-state index is 0.362. The van der Waals surface area contributed by atoms with E-state index in [-0.39, 0.29) is 18.3 Å². The molecule has 1 heterocycles. The van der Waals surface area contributed by atoms with Crippen molar-refractivity contribution in [1.82, 2.24) is 0 Å². The predicted octanol–water partition coefficient (Wildman–Crippen LogP) is 7.87. The van der Waals surface area contributed by atoms with Gasteiger partial charge in [-0.05, 0) is 93.8 Å².